The molecule has 0 radical (unpaired) electrons. The predicted molar refractivity (Wildman–Crippen MR) is 52.8 cm³/mol. The lowest BCUT2D eigenvalue weighted by atomic mass is 10.1. The smallest absolute Gasteiger partial charge is 0.141 e. The Morgan fingerprint density at radius 3 is 2.93 bits per heavy atom. The summed E-state index contributed by atoms with van der Waals surface area (Å²) in [4.78, 5) is 4.03. The molecule has 0 saturated heterocycles. The maximum atomic E-state index is 9.49. The lowest BCUT2D eigenvalue weighted by Gasteiger charge is -2.01. The molecule has 2 N–H and O–H groups in total. The molecule has 4 nitrogen and oxygen atoms in total. The van der Waals surface area contributed by atoms with Crippen molar-refractivity contribution in [3.8, 4) is 5.75 Å². The zero-order valence-electron chi connectivity index (χ0n) is 7.25. The Hall–Kier alpha value is -2.10. The van der Waals surface area contributed by atoms with Crippen LogP contribution in [0.3, 0.4) is 0 Å². The van der Waals surface area contributed by atoms with Crippen LogP contribution in [0, 0.1) is 0 Å². The van der Waals surface area contributed by atoms with Crippen LogP contribution in [0.15, 0.2) is 35.6 Å². The Balaban J connectivity index is 2.81. The van der Waals surface area contributed by atoms with Gasteiger partial charge in [0.2, 0.25) is 0 Å². The molecule has 0 spiro atoms. The largest absolute Gasteiger partial charge is 0.506 e. The number of hydrogen-bond donors (Lipinski definition) is 2. The fraction of sp³-hybridized carbons (Fsp3) is 0. The van der Waals surface area contributed by atoms with Gasteiger partial charge in [-0.15, -0.1) is 0 Å². The third kappa shape index (κ3) is 1.26. The number of aromatic nitrogens is 1. The van der Waals surface area contributed by atoms with Crippen molar-refractivity contribution in [2.45, 2.75) is 0 Å². The average molecular weight is 188 g/mol. The van der Waals surface area contributed by atoms with Crippen molar-refractivity contribution < 1.29 is 10.3 Å². The molecule has 0 amide bonds. The molecule has 0 aliphatic heterocycles. The summed E-state index contributed by atoms with van der Waals surface area (Å²) in [5, 5.41) is 21.6. The van der Waals surface area contributed by atoms with Gasteiger partial charge in [0.25, 0.3) is 0 Å². The first-order valence-corrected chi connectivity index (χ1v) is 4.07. The molecule has 2 aromatic rings. The van der Waals surface area contributed by atoms with Crippen molar-refractivity contribution in [2.24, 2.45) is 5.16 Å². The summed E-state index contributed by atoms with van der Waals surface area (Å²) >= 11 is 0. The molecule has 0 aliphatic rings. The Morgan fingerprint density at radius 1 is 1.29 bits per heavy atom. The van der Waals surface area contributed by atoms with Crippen molar-refractivity contribution >= 4 is 17.1 Å². The summed E-state index contributed by atoms with van der Waals surface area (Å²) in [5.41, 5.74) is 1.22. The number of hydrogen-bond acceptors (Lipinski definition) is 4. The van der Waals surface area contributed by atoms with Gasteiger partial charge in [-0.25, -0.2) is 0 Å². The first-order valence-electron chi connectivity index (χ1n) is 4.07. The number of aromatic hydroxyl groups is 1. The van der Waals surface area contributed by atoms with Crippen LogP contribution in [-0.4, -0.2) is 21.5 Å². The third-order valence-corrected chi connectivity index (χ3v) is 1.98. The second-order valence-corrected chi connectivity index (χ2v) is 2.82. The molecule has 0 fully saturated rings. The lowest BCUT2D eigenvalue weighted by Crippen LogP contribution is -1.86. The normalized spacial score (nSPS) is 11.1. The molecule has 0 unspecified atom stereocenters. The Labute approximate surface area is 80.1 Å². The molecule has 1 heterocycles. The van der Waals surface area contributed by atoms with Gasteiger partial charge in [0.05, 0.1) is 6.21 Å². The summed E-state index contributed by atoms with van der Waals surface area (Å²) in [6.07, 6.45) is 2.91. The second kappa shape index (κ2) is 3.33. The molecule has 0 atom stereocenters. The lowest BCUT2D eigenvalue weighted by molar-refractivity contribution is 0.322. The second-order valence-electron chi connectivity index (χ2n) is 2.82. The van der Waals surface area contributed by atoms with Crippen molar-refractivity contribution in [1.29, 1.82) is 0 Å². The van der Waals surface area contributed by atoms with E-state index in [-0.39, 0.29) is 5.75 Å². The number of phenolic OH excluding ortho intramolecular Hbond substituents is 1. The number of rotatable bonds is 1. The number of oxime groups is 1. The number of fused-ring (bicyclic) bond motifs is 1. The minimum Gasteiger partial charge on any atom is -0.506 e. The van der Waals surface area contributed by atoms with Gasteiger partial charge in [-0.2, -0.15) is 0 Å². The van der Waals surface area contributed by atoms with E-state index in [1.54, 1.807) is 24.4 Å². The first-order chi connectivity index (χ1) is 6.83. The van der Waals surface area contributed by atoms with Crippen molar-refractivity contribution in [3.05, 3.63) is 36.0 Å². The van der Waals surface area contributed by atoms with E-state index in [4.69, 9.17) is 5.21 Å². The first kappa shape index (κ1) is 8.50. The van der Waals surface area contributed by atoms with Crippen LogP contribution in [0.2, 0.25) is 0 Å². The van der Waals surface area contributed by atoms with Gasteiger partial charge in [0.1, 0.15) is 11.3 Å². The highest BCUT2D eigenvalue weighted by Gasteiger charge is 2.03. The highest BCUT2D eigenvalue weighted by atomic mass is 16.4. The van der Waals surface area contributed by atoms with Crippen LogP contribution < -0.4 is 0 Å². The van der Waals surface area contributed by atoms with Gasteiger partial charge in [-0.05, 0) is 18.2 Å². The van der Waals surface area contributed by atoms with Gasteiger partial charge in [-0.1, -0.05) is 11.2 Å². The van der Waals surface area contributed by atoms with Crippen molar-refractivity contribution in [2.75, 3.05) is 0 Å². The van der Waals surface area contributed by atoms with E-state index in [0.717, 1.165) is 5.39 Å². The Kier molecular flexibility index (Phi) is 2.02. The molecule has 1 aromatic heterocycles. The molecular weight excluding hydrogens is 180 g/mol. The monoisotopic (exact) mass is 188 g/mol. The average Bonchev–Trinajstić information content (AvgIpc) is 2.23. The van der Waals surface area contributed by atoms with Gasteiger partial charge in [-0.3, -0.25) is 4.98 Å². The summed E-state index contributed by atoms with van der Waals surface area (Å²) in [6.45, 7) is 0. The van der Waals surface area contributed by atoms with Crippen LogP contribution >= 0.6 is 0 Å². The van der Waals surface area contributed by atoms with E-state index in [1.807, 2.05) is 0 Å². The molecule has 2 rings (SSSR count). The van der Waals surface area contributed by atoms with E-state index in [1.165, 1.54) is 12.3 Å². The van der Waals surface area contributed by atoms with Gasteiger partial charge >= 0.3 is 0 Å². The molecule has 0 aliphatic carbocycles. The number of nitrogens with zero attached hydrogens (tertiary/aromatic N) is 2. The zero-order valence-corrected chi connectivity index (χ0v) is 7.25. The number of phenols is 1. The summed E-state index contributed by atoms with van der Waals surface area (Å²) in [7, 11) is 0. The van der Waals surface area contributed by atoms with E-state index in [2.05, 4.69) is 10.1 Å². The standard InChI is InChI=1S/C10H8N2O2/c13-9-4-3-7(6-12-14)8-2-1-5-11-10(8)9/h1-6,13-14H/b12-6+. The molecule has 4 heteroatoms. The maximum absolute atomic E-state index is 9.49. The maximum Gasteiger partial charge on any atom is 0.141 e. The van der Waals surface area contributed by atoms with Crippen LogP contribution in [-0.2, 0) is 0 Å². The van der Waals surface area contributed by atoms with Crippen molar-refractivity contribution in [3.63, 3.8) is 0 Å². The molecule has 1 aromatic carbocycles. The van der Waals surface area contributed by atoms with E-state index >= 15 is 0 Å². The van der Waals surface area contributed by atoms with E-state index in [9.17, 15) is 5.11 Å². The highest BCUT2D eigenvalue weighted by molar-refractivity contribution is 6.00. The third-order valence-electron chi connectivity index (χ3n) is 1.98. The fourth-order valence-electron chi connectivity index (χ4n) is 1.35. The topological polar surface area (TPSA) is 65.7 Å². The van der Waals surface area contributed by atoms with Crippen LogP contribution in [0.25, 0.3) is 10.9 Å². The molecular formula is C10H8N2O2. The summed E-state index contributed by atoms with van der Waals surface area (Å²) in [6, 6.07) is 6.75. The number of pyridine rings is 1. The Morgan fingerprint density at radius 2 is 2.14 bits per heavy atom. The van der Waals surface area contributed by atoms with Gasteiger partial charge in [0.15, 0.2) is 0 Å². The van der Waals surface area contributed by atoms with Crippen molar-refractivity contribution in [1.82, 2.24) is 4.98 Å². The van der Waals surface area contributed by atoms with Crippen LogP contribution in [0.1, 0.15) is 5.56 Å². The quantitative estimate of drug-likeness (QED) is 0.407. The molecule has 14 heavy (non-hydrogen) atoms. The van der Waals surface area contributed by atoms with Gasteiger partial charge < -0.3 is 10.3 Å². The predicted octanol–water partition coefficient (Wildman–Crippen LogP) is 1.75. The van der Waals surface area contributed by atoms with Gasteiger partial charge in [0, 0.05) is 17.1 Å². The summed E-state index contributed by atoms with van der Waals surface area (Å²) < 4.78 is 0. The number of benzene rings is 1. The SMILES string of the molecule is O/N=C/c1ccc(O)c2ncccc12. The zero-order chi connectivity index (χ0) is 9.97. The highest BCUT2D eigenvalue weighted by Crippen LogP contribution is 2.24. The Bertz CT molecular complexity index is 494. The molecule has 0 bridgehead atoms. The van der Waals surface area contributed by atoms with Crippen LogP contribution in [0.4, 0.5) is 0 Å². The molecule has 0 saturated carbocycles. The molecule has 70 valence electrons. The van der Waals surface area contributed by atoms with E-state index in [0.29, 0.717) is 11.1 Å². The van der Waals surface area contributed by atoms with Crippen LogP contribution in [0.5, 0.6) is 5.75 Å². The minimum absolute atomic E-state index is 0.121. The minimum atomic E-state index is 0.121. The summed E-state index contributed by atoms with van der Waals surface area (Å²) in [5.74, 6) is 0.121. The fourth-order valence-corrected chi connectivity index (χ4v) is 1.35. The van der Waals surface area contributed by atoms with E-state index < -0.39 is 0 Å².